The van der Waals surface area contributed by atoms with E-state index < -0.39 is 11.9 Å². The summed E-state index contributed by atoms with van der Waals surface area (Å²) < 4.78 is 9.35. The Kier molecular flexibility index (Phi) is 6.80. The van der Waals surface area contributed by atoms with Gasteiger partial charge in [-0.2, -0.15) is 0 Å². The van der Waals surface area contributed by atoms with E-state index in [2.05, 4.69) is 14.8 Å². The van der Waals surface area contributed by atoms with Crippen molar-refractivity contribution in [1.82, 2.24) is 0 Å². The Labute approximate surface area is 155 Å². The van der Waals surface area contributed by atoms with Crippen LogP contribution in [-0.2, 0) is 14.3 Å². The van der Waals surface area contributed by atoms with Crippen LogP contribution in [0.5, 0.6) is 0 Å². The minimum Gasteiger partial charge on any atom is -0.465 e. The fraction of sp³-hybridized carbons (Fsp3) is 0.211. The van der Waals surface area contributed by atoms with Gasteiger partial charge in [0.15, 0.2) is 0 Å². The lowest BCUT2D eigenvalue weighted by Crippen LogP contribution is -2.16. The molecule has 6 nitrogen and oxygen atoms in total. The van der Waals surface area contributed by atoms with Gasteiger partial charge in [-0.3, -0.25) is 4.79 Å². The molecule has 2 rings (SSSR count). The number of carbonyl (C=O) groups is 3. The van der Waals surface area contributed by atoms with Crippen LogP contribution in [0.15, 0.2) is 47.4 Å². The molecule has 2 aromatic carbocycles. The first-order chi connectivity index (χ1) is 12.4. The van der Waals surface area contributed by atoms with E-state index >= 15 is 0 Å². The third-order valence-electron chi connectivity index (χ3n) is 3.51. The van der Waals surface area contributed by atoms with E-state index in [9.17, 15) is 14.4 Å². The second-order valence-corrected chi connectivity index (χ2v) is 6.40. The van der Waals surface area contributed by atoms with Crippen LogP contribution in [-0.4, -0.2) is 37.8 Å². The van der Waals surface area contributed by atoms with Crippen molar-refractivity contribution in [3.63, 3.8) is 0 Å². The van der Waals surface area contributed by atoms with Gasteiger partial charge in [0.05, 0.1) is 31.1 Å². The fourth-order valence-corrected chi connectivity index (χ4v) is 3.06. The lowest BCUT2D eigenvalue weighted by molar-refractivity contribution is -0.113. The van der Waals surface area contributed by atoms with E-state index in [-0.39, 0.29) is 22.8 Å². The van der Waals surface area contributed by atoms with Crippen LogP contribution in [0.1, 0.15) is 26.3 Å². The van der Waals surface area contributed by atoms with E-state index in [1.165, 1.54) is 44.2 Å². The summed E-state index contributed by atoms with van der Waals surface area (Å²) in [5.41, 5.74) is 1.71. The van der Waals surface area contributed by atoms with Crippen molar-refractivity contribution in [1.29, 1.82) is 0 Å². The second-order valence-electron chi connectivity index (χ2n) is 5.38. The minimum absolute atomic E-state index is 0.150. The zero-order chi connectivity index (χ0) is 19.1. The van der Waals surface area contributed by atoms with Crippen LogP contribution in [0.3, 0.4) is 0 Å². The molecule has 0 spiro atoms. The summed E-state index contributed by atoms with van der Waals surface area (Å²) in [7, 11) is 2.48. The smallest absolute Gasteiger partial charge is 0.337 e. The highest BCUT2D eigenvalue weighted by molar-refractivity contribution is 8.00. The highest BCUT2D eigenvalue weighted by atomic mass is 32.2. The molecule has 136 valence electrons. The number of thioether (sulfide) groups is 1. The van der Waals surface area contributed by atoms with E-state index in [1.54, 1.807) is 0 Å². The van der Waals surface area contributed by atoms with Gasteiger partial charge in [-0.25, -0.2) is 9.59 Å². The number of nitrogens with one attached hydrogen (secondary N) is 1. The molecule has 1 N–H and O–H groups in total. The number of hydrogen-bond acceptors (Lipinski definition) is 6. The molecule has 0 aliphatic carbocycles. The second kappa shape index (κ2) is 9.05. The van der Waals surface area contributed by atoms with E-state index in [1.807, 2.05) is 31.2 Å². The monoisotopic (exact) mass is 373 g/mol. The molecule has 0 unspecified atom stereocenters. The lowest BCUT2D eigenvalue weighted by Gasteiger charge is -2.10. The van der Waals surface area contributed by atoms with Crippen LogP contribution in [0, 0.1) is 6.92 Å². The summed E-state index contributed by atoms with van der Waals surface area (Å²) in [6, 6.07) is 12.0. The Balaban J connectivity index is 2.14. The maximum absolute atomic E-state index is 12.2. The van der Waals surface area contributed by atoms with Gasteiger partial charge in [0, 0.05) is 10.6 Å². The van der Waals surface area contributed by atoms with Crippen LogP contribution in [0.2, 0.25) is 0 Å². The molecule has 2 aromatic rings. The summed E-state index contributed by atoms with van der Waals surface area (Å²) in [6.07, 6.45) is 0. The zero-order valence-electron chi connectivity index (χ0n) is 14.7. The third kappa shape index (κ3) is 5.10. The fourth-order valence-electron chi connectivity index (χ4n) is 2.23. The van der Waals surface area contributed by atoms with Gasteiger partial charge in [-0.15, -0.1) is 11.8 Å². The molecule has 0 aromatic heterocycles. The number of rotatable bonds is 6. The molecule has 0 atom stereocenters. The Morgan fingerprint density at radius 3 is 2.08 bits per heavy atom. The van der Waals surface area contributed by atoms with Crippen molar-refractivity contribution in [2.45, 2.75) is 11.8 Å². The van der Waals surface area contributed by atoms with Crippen molar-refractivity contribution in [2.75, 3.05) is 25.3 Å². The number of methoxy groups -OCH3 is 2. The maximum atomic E-state index is 12.2. The molecule has 0 fully saturated rings. The largest absolute Gasteiger partial charge is 0.465 e. The summed E-state index contributed by atoms with van der Waals surface area (Å²) >= 11 is 1.41. The topological polar surface area (TPSA) is 81.7 Å². The molecule has 0 aliphatic rings. The Bertz CT molecular complexity index is 800. The molecule has 0 aliphatic heterocycles. The molecule has 0 saturated carbocycles. The number of amides is 1. The van der Waals surface area contributed by atoms with Gasteiger partial charge >= 0.3 is 11.9 Å². The molecular weight excluding hydrogens is 354 g/mol. The number of hydrogen-bond donors (Lipinski definition) is 1. The average molecular weight is 373 g/mol. The molecule has 1 amide bonds. The van der Waals surface area contributed by atoms with E-state index in [0.29, 0.717) is 5.69 Å². The zero-order valence-corrected chi connectivity index (χ0v) is 15.5. The molecule has 0 radical (unpaired) electrons. The van der Waals surface area contributed by atoms with Gasteiger partial charge in [0.2, 0.25) is 5.91 Å². The molecule has 0 bridgehead atoms. The predicted octanol–water partition coefficient (Wildman–Crippen LogP) is 3.30. The van der Waals surface area contributed by atoms with Crippen molar-refractivity contribution in [3.05, 3.63) is 59.2 Å². The number of anilines is 1. The third-order valence-corrected chi connectivity index (χ3v) is 4.69. The summed E-state index contributed by atoms with van der Waals surface area (Å²) in [4.78, 5) is 36.8. The minimum atomic E-state index is -0.611. The normalized spacial score (nSPS) is 10.1. The van der Waals surface area contributed by atoms with Crippen molar-refractivity contribution >= 4 is 35.3 Å². The first-order valence-electron chi connectivity index (χ1n) is 7.74. The van der Waals surface area contributed by atoms with Crippen molar-refractivity contribution in [2.24, 2.45) is 0 Å². The summed E-state index contributed by atoms with van der Waals surface area (Å²) in [5, 5.41) is 2.70. The van der Waals surface area contributed by atoms with Crippen LogP contribution in [0.25, 0.3) is 0 Å². The SMILES string of the molecule is COC(=O)c1cc(NC(=O)CSc2ccccc2C)cc(C(=O)OC)c1. The van der Waals surface area contributed by atoms with Crippen molar-refractivity contribution in [3.8, 4) is 0 Å². The lowest BCUT2D eigenvalue weighted by atomic mass is 10.1. The predicted molar refractivity (Wildman–Crippen MR) is 99.7 cm³/mol. The molecule has 0 heterocycles. The first kappa shape index (κ1) is 19.5. The number of carbonyl (C=O) groups excluding carboxylic acids is 3. The summed E-state index contributed by atoms with van der Waals surface area (Å²) in [6.45, 7) is 1.97. The average Bonchev–Trinajstić information content (AvgIpc) is 2.65. The van der Waals surface area contributed by atoms with Gasteiger partial charge in [0.25, 0.3) is 0 Å². The quantitative estimate of drug-likeness (QED) is 0.618. The van der Waals surface area contributed by atoms with Crippen LogP contribution < -0.4 is 5.32 Å². The van der Waals surface area contributed by atoms with Gasteiger partial charge in [-0.1, -0.05) is 18.2 Å². The molecule has 0 saturated heterocycles. The van der Waals surface area contributed by atoms with Gasteiger partial charge in [-0.05, 0) is 36.8 Å². The van der Waals surface area contributed by atoms with Gasteiger partial charge < -0.3 is 14.8 Å². The highest BCUT2D eigenvalue weighted by Crippen LogP contribution is 2.22. The molecule has 26 heavy (non-hydrogen) atoms. The van der Waals surface area contributed by atoms with Crippen LogP contribution in [0.4, 0.5) is 5.69 Å². The first-order valence-corrected chi connectivity index (χ1v) is 8.73. The number of esters is 2. The Morgan fingerprint density at radius 2 is 1.54 bits per heavy atom. The summed E-state index contributed by atoms with van der Waals surface area (Å²) in [5.74, 6) is -1.28. The van der Waals surface area contributed by atoms with E-state index in [0.717, 1.165) is 10.5 Å². The van der Waals surface area contributed by atoms with E-state index in [4.69, 9.17) is 0 Å². The Hall–Kier alpha value is -2.80. The Morgan fingerprint density at radius 1 is 0.962 bits per heavy atom. The molecular formula is C19H19NO5S. The number of aryl methyl sites for hydroxylation is 1. The van der Waals surface area contributed by atoms with Crippen LogP contribution >= 0.6 is 11.8 Å². The molecule has 7 heteroatoms. The number of ether oxygens (including phenoxy) is 2. The van der Waals surface area contributed by atoms with Gasteiger partial charge in [0.1, 0.15) is 0 Å². The number of benzene rings is 2. The van der Waals surface area contributed by atoms with Crippen molar-refractivity contribution < 1.29 is 23.9 Å². The standard InChI is InChI=1S/C19H19NO5S/c1-12-6-4-5-7-16(12)26-11-17(21)20-15-9-13(18(22)24-2)8-14(10-15)19(23)25-3/h4-10H,11H2,1-3H3,(H,20,21). The maximum Gasteiger partial charge on any atom is 0.337 e. The highest BCUT2D eigenvalue weighted by Gasteiger charge is 2.15.